The molecule has 0 bridgehead atoms. The highest BCUT2D eigenvalue weighted by Crippen LogP contribution is 2.31. The summed E-state index contributed by atoms with van der Waals surface area (Å²) in [6.07, 6.45) is 4.80. The van der Waals surface area contributed by atoms with Gasteiger partial charge in [-0.15, -0.1) is 0 Å². The van der Waals surface area contributed by atoms with E-state index < -0.39 is 0 Å². The number of nitrogens with one attached hydrogen (secondary N) is 1. The van der Waals surface area contributed by atoms with Crippen molar-refractivity contribution in [1.82, 2.24) is 9.97 Å². The molecular formula is C24H25FN4O2. The first-order chi connectivity index (χ1) is 15.0. The zero-order valence-corrected chi connectivity index (χ0v) is 17.6. The van der Waals surface area contributed by atoms with Gasteiger partial charge < -0.3 is 15.0 Å². The monoisotopic (exact) mass is 420 g/mol. The van der Waals surface area contributed by atoms with E-state index in [2.05, 4.69) is 15.3 Å². The molecule has 1 N–H and O–H groups in total. The second-order valence-corrected chi connectivity index (χ2v) is 7.79. The van der Waals surface area contributed by atoms with E-state index in [0.717, 1.165) is 24.9 Å². The van der Waals surface area contributed by atoms with Crippen molar-refractivity contribution in [3.63, 3.8) is 0 Å². The van der Waals surface area contributed by atoms with Crippen molar-refractivity contribution in [3.8, 4) is 11.6 Å². The largest absolute Gasteiger partial charge is 0.436 e. The van der Waals surface area contributed by atoms with Crippen LogP contribution in [0.4, 0.5) is 15.9 Å². The first kappa shape index (κ1) is 20.8. The summed E-state index contributed by atoms with van der Waals surface area (Å²) >= 11 is 0. The third-order valence-corrected chi connectivity index (χ3v) is 5.50. The Bertz CT molecular complexity index is 1070. The van der Waals surface area contributed by atoms with Crippen molar-refractivity contribution in [2.24, 2.45) is 5.92 Å². The van der Waals surface area contributed by atoms with Crippen LogP contribution in [0.2, 0.25) is 0 Å². The number of hydrogen-bond acceptors (Lipinski definition) is 5. The Kier molecular flexibility index (Phi) is 6.11. The Morgan fingerprint density at radius 1 is 1.13 bits per heavy atom. The lowest BCUT2D eigenvalue weighted by molar-refractivity contribution is -0.120. The number of anilines is 2. The molecular weight excluding hydrogens is 395 g/mol. The van der Waals surface area contributed by atoms with Gasteiger partial charge in [0.2, 0.25) is 5.91 Å². The van der Waals surface area contributed by atoms with E-state index in [4.69, 9.17) is 4.74 Å². The molecule has 0 spiro atoms. The highest BCUT2D eigenvalue weighted by Gasteiger charge is 2.29. The van der Waals surface area contributed by atoms with E-state index in [1.807, 2.05) is 36.1 Å². The van der Waals surface area contributed by atoms with Crippen LogP contribution in [-0.4, -0.2) is 29.0 Å². The first-order valence-electron chi connectivity index (χ1n) is 10.4. The van der Waals surface area contributed by atoms with Crippen LogP contribution < -0.4 is 15.0 Å². The number of rotatable bonds is 5. The van der Waals surface area contributed by atoms with E-state index >= 15 is 0 Å². The lowest BCUT2D eigenvalue weighted by Crippen LogP contribution is -2.41. The predicted octanol–water partition coefficient (Wildman–Crippen LogP) is 4.88. The number of amides is 1. The number of halogens is 1. The molecule has 1 aromatic heterocycles. The molecule has 1 amide bonds. The number of hydrogen-bond donors (Lipinski definition) is 1. The van der Waals surface area contributed by atoms with Crippen LogP contribution in [-0.2, 0) is 4.79 Å². The van der Waals surface area contributed by atoms with E-state index in [0.29, 0.717) is 35.2 Å². The number of carbonyl (C=O) groups is 1. The normalized spacial score (nSPS) is 16.1. The van der Waals surface area contributed by atoms with Crippen LogP contribution >= 0.6 is 0 Å². The molecule has 0 saturated carbocycles. The molecule has 160 valence electrons. The molecule has 0 aliphatic carbocycles. The Balaban J connectivity index is 1.49. The van der Waals surface area contributed by atoms with Gasteiger partial charge in [-0.25, -0.2) is 14.4 Å². The Morgan fingerprint density at radius 2 is 1.90 bits per heavy atom. The maximum absolute atomic E-state index is 13.8. The van der Waals surface area contributed by atoms with Crippen molar-refractivity contribution >= 4 is 17.4 Å². The summed E-state index contributed by atoms with van der Waals surface area (Å²) in [5, 5.41) is 2.88. The van der Waals surface area contributed by atoms with Gasteiger partial charge >= 0.3 is 0 Å². The second-order valence-electron chi connectivity index (χ2n) is 7.79. The van der Waals surface area contributed by atoms with Crippen LogP contribution in [0.1, 0.15) is 24.0 Å². The molecule has 2 aromatic carbocycles. The SMILES string of the molecule is Cc1ccc(Oc2nccnc2N2CCCC(C(=O)Nc3cccc(F)c3C)C2)cc1. The number of aromatic nitrogens is 2. The van der Waals surface area contributed by atoms with Crippen LogP contribution in [0.15, 0.2) is 54.9 Å². The smallest absolute Gasteiger partial charge is 0.263 e. The van der Waals surface area contributed by atoms with Gasteiger partial charge in [0.25, 0.3) is 5.88 Å². The summed E-state index contributed by atoms with van der Waals surface area (Å²) in [4.78, 5) is 23.8. The molecule has 1 atom stereocenters. The molecule has 7 heteroatoms. The maximum atomic E-state index is 13.8. The van der Waals surface area contributed by atoms with E-state index in [-0.39, 0.29) is 17.6 Å². The van der Waals surface area contributed by atoms with Gasteiger partial charge in [-0.05, 0) is 51.0 Å². The molecule has 6 nitrogen and oxygen atoms in total. The van der Waals surface area contributed by atoms with E-state index in [9.17, 15) is 9.18 Å². The number of ether oxygens (including phenoxy) is 1. The molecule has 3 aromatic rings. The van der Waals surface area contributed by atoms with Crippen molar-refractivity contribution in [1.29, 1.82) is 0 Å². The summed E-state index contributed by atoms with van der Waals surface area (Å²) in [5.41, 5.74) is 2.08. The Hall–Kier alpha value is -3.48. The fourth-order valence-electron chi connectivity index (χ4n) is 3.69. The van der Waals surface area contributed by atoms with Gasteiger partial charge in [0, 0.05) is 36.7 Å². The number of nitrogens with zero attached hydrogens (tertiary/aromatic N) is 3. The highest BCUT2D eigenvalue weighted by molar-refractivity contribution is 5.93. The van der Waals surface area contributed by atoms with Crippen molar-refractivity contribution in [2.75, 3.05) is 23.3 Å². The number of aryl methyl sites for hydroxylation is 1. The van der Waals surface area contributed by atoms with Gasteiger partial charge in [0.05, 0.1) is 5.92 Å². The molecule has 1 fully saturated rings. The summed E-state index contributed by atoms with van der Waals surface area (Å²) in [6, 6.07) is 12.4. The van der Waals surface area contributed by atoms with Gasteiger partial charge in [0.1, 0.15) is 11.6 Å². The topological polar surface area (TPSA) is 67.4 Å². The predicted molar refractivity (Wildman–Crippen MR) is 118 cm³/mol. The minimum Gasteiger partial charge on any atom is -0.436 e. The van der Waals surface area contributed by atoms with Crippen LogP contribution in [0.5, 0.6) is 11.6 Å². The second kappa shape index (κ2) is 9.12. The van der Waals surface area contributed by atoms with Crippen molar-refractivity contribution in [3.05, 3.63) is 71.8 Å². The first-order valence-corrected chi connectivity index (χ1v) is 10.4. The van der Waals surface area contributed by atoms with E-state index in [1.165, 1.54) is 6.07 Å². The van der Waals surface area contributed by atoms with Gasteiger partial charge in [-0.3, -0.25) is 4.79 Å². The third-order valence-electron chi connectivity index (χ3n) is 5.50. The zero-order valence-electron chi connectivity index (χ0n) is 17.6. The molecule has 4 rings (SSSR count). The van der Waals surface area contributed by atoms with Crippen molar-refractivity contribution in [2.45, 2.75) is 26.7 Å². The number of carbonyl (C=O) groups excluding carboxylic acids is 1. The van der Waals surface area contributed by atoms with Crippen LogP contribution in [0.25, 0.3) is 0 Å². The zero-order chi connectivity index (χ0) is 21.8. The number of benzene rings is 2. The average molecular weight is 420 g/mol. The Labute approximate surface area is 181 Å². The summed E-state index contributed by atoms with van der Waals surface area (Å²) in [5.74, 6) is 1.01. The van der Waals surface area contributed by atoms with Crippen LogP contribution in [0, 0.1) is 25.6 Å². The number of piperidine rings is 1. The quantitative estimate of drug-likeness (QED) is 0.637. The lowest BCUT2D eigenvalue weighted by atomic mass is 9.97. The van der Waals surface area contributed by atoms with E-state index in [1.54, 1.807) is 31.5 Å². The summed E-state index contributed by atoms with van der Waals surface area (Å²) in [7, 11) is 0. The summed E-state index contributed by atoms with van der Waals surface area (Å²) < 4.78 is 19.8. The molecule has 2 heterocycles. The molecule has 1 unspecified atom stereocenters. The molecule has 1 saturated heterocycles. The highest BCUT2D eigenvalue weighted by atomic mass is 19.1. The Morgan fingerprint density at radius 3 is 2.71 bits per heavy atom. The standard InChI is InChI=1S/C24H25FN4O2/c1-16-8-10-19(11-9-16)31-24-22(26-12-13-27-24)29-14-4-5-18(15-29)23(30)28-21-7-3-6-20(25)17(21)2/h3,6-13,18H,4-5,14-15H2,1-2H3,(H,28,30). The van der Waals surface area contributed by atoms with Crippen molar-refractivity contribution < 1.29 is 13.9 Å². The summed E-state index contributed by atoms with van der Waals surface area (Å²) in [6.45, 7) is 4.92. The van der Waals surface area contributed by atoms with Gasteiger partial charge in [-0.1, -0.05) is 23.8 Å². The maximum Gasteiger partial charge on any atom is 0.263 e. The lowest BCUT2D eigenvalue weighted by Gasteiger charge is -2.33. The molecule has 1 aliphatic rings. The molecule has 0 radical (unpaired) electrons. The average Bonchev–Trinajstić information content (AvgIpc) is 2.79. The fourth-order valence-corrected chi connectivity index (χ4v) is 3.69. The van der Waals surface area contributed by atoms with Gasteiger partial charge in [0.15, 0.2) is 5.82 Å². The van der Waals surface area contributed by atoms with Crippen LogP contribution in [0.3, 0.4) is 0 Å². The minimum absolute atomic E-state index is 0.122. The fraction of sp³-hybridized carbons (Fsp3) is 0.292. The third kappa shape index (κ3) is 4.82. The minimum atomic E-state index is -0.333. The van der Waals surface area contributed by atoms with Gasteiger partial charge in [-0.2, -0.15) is 0 Å². The molecule has 1 aliphatic heterocycles. The molecule has 31 heavy (non-hydrogen) atoms.